The Morgan fingerprint density at radius 3 is 2.59 bits per heavy atom. The van der Waals surface area contributed by atoms with Crippen LogP contribution in [0.1, 0.15) is 37.2 Å². The summed E-state index contributed by atoms with van der Waals surface area (Å²) < 4.78 is 0. The van der Waals surface area contributed by atoms with Crippen molar-refractivity contribution >= 4 is 11.6 Å². The van der Waals surface area contributed by atoms with Crippen molar-refractivity contribution in [1.82, 2.24) is 9.88 Å². The quantitative estimate of drug-likeness (QED) is 0.847. The summed E-state index contributed by atoms with van der Waals surface area (Å²) in [6.07, 6.45) is 4.22. The van der Waals surface area contributed by atoms with Gasteiger partial charge in [0.2, 0.25) is 0 Å². The Hall–Kier alpha value is -1.58. The Balaban J connectivity index is 2.02. The molecule has 0 spiro atoms. The van der Waals surface area contributed by atoms with Crippen LogP contribution in [0, 0.1) is 0 Å². The first kappa shape index (κ1) is 11.9. The summed E-state index contributed by atoms with van der Waals surface area (Å²) in [5.74, 6) is 0.00738. The second kappa shape index (κ2) is 5.17. The number of amides is 1. The van der Waals surface area contributed by atoms with E-state index >= 15 is 0 Å². The van der Waals surface area contributed by atoms with Crippen molar-refractivity contribution in [3.8, 4) is 0 Å². The molecule has 1 amide bonds. The highest BCUT2D eigenvalue weighted by atomic mass is 16.2. The molecule has 0 saturated heterocycles. The van der Waals surface area contributed by atoms with Crippen molar-refractivity contribution in [3.63, 3.8) is 0 Å². The standard InChI is InChI=1S/C13H19N3O/c1-3-16(4-2)13(17)12-8-7-11(9-14-12)15-10-5-6-10/h7-10,15H,3-6H2,1-2H3. The Labute approximate surface area is 102 Å². The third-order valence-corrected chi connectivity index (χ3v) is 2.98. The number of carbonyl (C=O) groups is 1. The van der Waals surface area contributed by atoms with Gasteiger partial charge in [0, 0.05) is 19.1 Å². The molecule has 92 valence electrons. The molecule has 4 heteroatoms. The molecule has 0 unspecified atom stereocenters. The van der Waals surface area contributed by atoms with Gasteiger partial charge in [0.25, 0.3) is 5.91 Å². The van der Waals surface area contributed by atoms with Gasteiger partial charge >= 0.3 is 0 Å². The van der Waals surface area contributed by atoms with Gasteiger partial charge in [-0.15, -0.1) is 0 Å². The van der Waals surface area contributed by atoms with E-state index in [1.54, 1.807) is 17.2 Å². The van der Waals surface area contributed by atoms with Gasteiger partial charge < -0.3 is 10.2 Å². The minimum atomic E-state index is 0.00738. The molecule has 1 saturated carbocycles. The zero-order valence-electron chi connectivity index (χ0n) is 10.4. The molecule has 0 aromatic carbocycles. The van der Waals surface area contributed by atoms with Crippen LogP contribution < -0.4 is 5.32 Å². The van der Waals surface area contributed by atoms with E-state index in [2.05, 4.69) is 10.3 Å². The fourth-order valence-corrected chi connectivity index (χ4v) is 1.74. The average Bonchev–Trinajstić information content (AvgIpc) is 3.15. The van der Waals surface area contributed by atoms with Gasteiger partial charge in [0.1, 0.15) is 5.69 Å². The van der Waals surface area contributed by atoms with E-state index in [1.807, 2.05) is 19.9 Å². The number of nitrogens with one attached hydrogen (secondary N) is 1. The van der Waals surface area contributed by atoms with Crippen molar-refractivity contribution in [2.45, 2.75) is 32.7 Å². The fraction of sp³-hybridized carbons (Fsp3) is 0.538. The minimum absolute atomic E-state index is 0.00738. The molecule has 4 nitrogen and oxygen atoms in total. The normalized spacial score (nSPS) is 14.5. The van der Waals surface area contributed by atoms with E-state index < -0.39 is 0 Å². The molecule has 1 N–H and O–H groups in total. The van der Waals surface area contributed by atoms with Gasteiger partial charge in [-0.05, 0) is 38.8 Å². The van der Waals surface area contributed by atoms with Gasteiger partial charge in [-0.2, -0.15) is 0 Å². The molecule has 17 heavy (non-hydrogen) atoms. The van der Waals surface area contributed by atoms with Crippen LogP contribution in [0.4, 0.5) is 5.69 Å². The number of aromatic nitrogens is 1. The third kappa shape index (κ3) is 2.96. The zero-order chi connectivity index (χ0) is 12.3. The summed E-state index contributed by atoms with van der Waals surface area (Å²) in [6, 6.07) is 4.34. The second-order valence-corrected chi connectivity index (χ2v) is 4.33. The van der Waals surface area contributed by atoms with Crippen LogP contribution in [0.3, 0.4) is 0 Å². The predicted octanol–water partition coefficient (Wildman–Crippen LogP) is 2.14. The molecule has 1 aliphatic carbocycles. The maximum Gasteiger partial charge on any atom is 0.272 e. The molecular weight excluding hydrogens is 214 g/mol. The van der Waals surface area contributed by atoms with Crippen LogP contribution in [-0.2, 0) is 0 Å². The molecule has 0 radical (unpaired) electrons. The first-order valence-electron chi connectivity index (χ1n) is 6.26. The first-order valence-corrected chi connectivity index (χ1v) is 6.26. The van der Waals surface area contributed by atoms with Crippen LogP contribution in [-0.4, -0.2) is 34.9 Å². The van der Waals surface area contributed by atoms with Gasteiger partial charge in [-0.3, -0.25) is 4.79 Å². The van der Waals surface area contributed by atoms with Crippen molar-refractivity contribution < 1.29 is 4.79 Å². The summed E-state index contributed by atoms with van der Waals surface area (Å²) in [6.45, 7) is 5.40. The van der Waals surface area contributed by atoms with Crippen LogP contribution in [0.25, 0.3) is 0 Å². The Morgan fingerprint density at radius 1 is 1.41 bits per heavy atom. The Bertz CT molecular complexity index is 380. The summed E-state index contributed by atoms with van der Waals surface area (Å²) in [4.78, 5) is 18.0. The number of nitrogens with zero attached hydrogens (tertiary/aromatic N) is 2. The summed E-state index contributed by atoms with van der Waals surface area (Å²) in [5, 5.41) is 3.35. The van der Waals surface area contributed by atoms with Crippen LogP contribution in [0.2, 0.25) is 0 Å². The number of carbonyl (C=O) groups excluding carboxylic acids is 1. The summed E-state index contributed by atoms with van der Waals surface area (Å²) in [7, 11) is 0. The van der Waals surface area contributed by atoms with E-state index in [9.17, 15) is 4.79 Å². The molecular formula is C13H19N3O. The molecule has 1 fully saturated rings. The average molecular weight is 233 g/mol. The fourth-order valence-electron chi connectivity index (χ4n) is 1.74. The highest BCUT2D eigenvalue weighted by molar-refractivity contribution is 5.92. The number of pyridine rings is 1. The summed E-state index contributed by atoms with van der Waals surface area (Å²) >= 11 is 0. The Kier molecular flexibility index (Phi) is 3.61. The van der Waals surface area contributed by atoms with Crippen molar-refractivity contribution in [2.24, 2.45) is 0 Å². The van der Waals surface area contributed by atoms with E-state index in [0.717, 1.165) is 18.8 Å². The van der Waals surface area contributed by atoms with E-state index in [4.69, 9.17) is 0 Å². The number of hydrogen-bond donors (Lipinski definition) is 1. The maximum absolute atomic E-state index is 12.0. The molecule has 0 aliphatic heterocycles. The predicted molar refractivity (Wildman–Crippen MR) is 68.1 cm³/mol. The SMILES string of the molecule is CCN(CC)C(=O)c1ccc(NC2CC2)cn1. The maximum atomic E-state index is 12.0. The number of anilines is 1. The molecule has 1 aliphatic rings. The molecule has 1 heterocycles. The molecule has 0 atom stereocenters. The minimum Gasteiger partial charge on any atom is -0.381 e. The highest BCUT2D eigenvalue weighted by Gasteiger charge is 2.21. The lowest BCUT2D eigenvalue weighted by Crippen LogP contribution is -2.31. The lowest BCUT2D eigenvalue weighted by Gasteiger charge is -2.18. The van der Waals surface area contributed by atoms with Gasteiger partial charge in [-0.25, -0.2) is 4.98 Å². The largest absolute Gasteiger partial charge is 0.381 e. The lowest BCUT2D eigenvalue weighted by molar-refractivity contribution is 0.0767. The van der Waals surface area contributed by atoms with Crippen LogP contribution >= 0.6 is 0 Å². The molecule has 1 aromatic heterocycles. The van der Waals surface area contributed by atoms with Crippen molar-refractivity contribution in [3.05, 3.63) is 24.0 Å². The number of hydrogen-bond acceptors (Lipinski definition) is 3. The van der Waals surface area contributed by atoms with Gasteiger partial charge in [0.15, 0.2) is 0 Å². The smallest absolute Gasteiger partial charge is 0.272 e. The monoisotopic (exact) mass is 233 g/mol. The molecule has 0 bridgehead atoms. The first-order chi connectivity index (χ1) is 8.24. The van der Waals surface area contributed by atoms with E-state index in [-0.39, 0.29) is 5.91 Å². The molecule has 1 aromatic rings. The molecule has 2 rings (SSSR count). The van der Waals surface area contributed by atoms with Gasteiger partial charge in [0.05, 0.1) is 11.9 Å². The number of rotatable bonds is 5. The van der Waals surface area contributed by atoms with E-state index in [0.29, 0.717) is 11.7 Å². The zero-order valence-corrected chi connectivity index (χ0v) is 10.4. The van der Waals surface area contributed by atoms with Crippen molar-refractivity contribution in [1.29, 1.82) is 0 Å². The van der Waals surface area contributed by atoms with Crippen molar-refractivity contribution in [2.75, 3.05) is 18.4 Å². The summed E-state index contributed by atoms with van der Waals surface area (Å²) in [5.41, 5.74) is 1.53. The second-order valence-electron chi connectivity index (χ2n) is 4.33. The van der Waals surface area contributed by atoms with Crippen LogP contribution in [0.5, 0.6) is 0 Å². The van der Waals surface area contributed by atoms with E-state index in [1.165, 1.54) is 12.8 Å². The topological polar surface area (TPSA) is 45.2 Å². The van der Waals surface area contributed by atoms with Crippen LogP contribution in [0.15, 0.2) is 18.3 Å². The van der Waals surface area contributed by atoms with Gasteiger partial charge in [-0.1, -0.05) is 0 Å². The Morgan fingerprint density at radius 2 is 2.12 bits per heavy atom. The highest BCUT2D eigenvalue weighted by Crippen LogP contribution is 2.24. The lowest BCUT2D eigenvalue weighted by atomic mass is 10.3. The third-order valence-electron chi connectivity index (χ3n) is 2.98.